The monoisotopic (exact) mass is 778 g/mol. The number of ether oxygens (including phenoxy) is 1. The molecular weight excluding hydrogens is 733 g/mol. The maximum Gasteiger partial charge on any atom is 0.326 e. The molecule has 4 amide bonds. The van der Waals surface area contributed by atoms with Crippen LogP contribution in [0.1, 0.15) is 28.7 Å². The van der Waals surface area contributed by atoms with Gasteiger partial charge >= 0.3 is 5.97 Å². The van der Waals surface area contributed by atoms with Gasteiger partial charge in [-0.25, -0.2) is 4.79 Å². The minimum absolute atomic E-state index is 0.0245. The fraction of sp³-hybridized carbons (Fsp3) is 0.213. The van der Waals surface area contributed by atoms with Crippen molar-refractivity contribution in [1.29, 1.82) is 0 Å². The van der Waals surface area contributed by atoms with Gasteiger partial charge in [0.05, 0.1) is 0 Å². The van der Waals surface area contributed by atoms with E-state index in [-0.39, 0.29) is 19.3 Å². The van der Waals surface area contributed by atoms with Crippen LogP contribution in [0.3, 0.4) is 0 Å². The molecule has 0 saturated carbocycles. The van der Waals surface area contributed by atoms with Crippen LogP contribution in [0, 0.1) is 0 Å². The molecule has 0 spiro atoms. The number of aryl methyl sites for hydroxylation is 1. The second kappa shape index (κ2) is 19.2. The van der Waals surface area contributed by atoms with Crippen LogP contribution < -0.4 is 20.7 Å². The summed E-state index contributed by atoms with van der Waals surface area (Å²) in [5.74, 6) is -3.48. The maximum absolute atomic E-state index is 14.5. The third kappa shape index (κ3) is 10.6. The molecule has 296 valence electrons. The van der Waals surface area contributed by atoms with E-state index < -0.39 is 60.4 Å². The molecule has 58 heavy (non-hydrogen) atoms. The Balaban J connectivity index is 1.38. The molecule has 5 aromatic carbocycles. The Hall–Kier alpha value is -7.01. The molecular formula is C47H46N4O7. The van der Waals surface area contributed by atoms with E-state index >= 15 is 0 Å². The Kier molecular flexibility index (Phi) is 13.5. The predicted molar refractivity (Wildman–Crippen MR) is 221 cm³/mol. The smallest absolute Gasteiger partial charge is 0.326 e. The molecule has 4 N–H and O–H groups in total. The highest BCUT2D eigenvalue weighted by atomic mass is 16.5. The average Bonchev–Trinajstić information content (AvgIpc) is 3.25. The molecule has 2 aliphatic heterocycles. The van der Waals surface area contributed by atoms with Gasteiger partial charge in [0.2, 0.25) is 17.7 Å². The number of nitrogens with one attached hydrogen (secondary N) is 3. The molecule has 0 aromatic heterocycles. The predicted octanol–water partition coefficient (Wildman–Crippen LogP) is 5.24. The van der Waals surface area contributed by atoms with Crippen molar-refractivity contribution >= 4 is 35.2 Å². The highest BCUT2D eigenvalue weighted by molar-refractivity contribution is 6.01. The first-order valence-electron chi connectivity index (χ1n) is 19.1. The van der Waals surface area contributed by atoms with Gasteiger partial charge in [-0.15, -0.1) is 0 Å². The standard InChI is InChI=1S/C47H46N4O7/c1-31(35-14-8-4-9-15-35)43-46(55)49-40(28-33-18-23-37(24-19-33)36-16-10-5-11-17-36)45(54)48-39(27-22-32-12-6-3-7-13-32)44(53)50-41(47(56)57)29-34-20-25-38(26-21-34)58-30-42(52)51(43)2/h3-21,23-26,39-41,43H,1,22,27-30H2,2H3,(H,48,54)(H,49,55)(H,50,53)(H,56,57). The van der Waals surface area contributed by atoms with Crippen LogP contribution in [0.2, 0.25) is 0 Å². The van der Waals surface area contributed by atoms with Crippen molar-refractivity contribution in [3.63, 3.8) is 0 Å². The number of carboxylic acid groups (broad SMARTS) is 1. The Morgan fingerprint density at radius 1 is 0.690 bits per heavy atom. The lowest BCUT2D eigenvalue weighted by atomic mass is 9.96. The topological polar surface area (TPSA) is 154 Å². The third-order valence-electron chi connectivity index (χ3n) is 10.2. The summed E-state index contributed by atoms with van der Waals surface area (Å²) < 4.78 is 5.80. The van der Waals surface area contributed by atoms with E-state index in [1.54, 1.807) is 48.5 Å². The number of hydrogen-bond donors (Lipinski definition) is 4. The quantitative estimate of drug-likeness (QED) is 0.149. The van der Waals surface area contributed by atoms with Gasteiger partial charge in [-0.1, -0.05) is 134 Å². The van der Waals surface area contributed by atoms with Gasteiger partial charge in [-0.2, -0.15) is 0 Å². The molecule has 5 aromatic rings. The summed E-state index contributed by atoms with van der Waals surface area (Å²) in [6.45, 7) is 3.80. The van der Waals surface area contributed by atoms with E-state index in [1.807, 2.05) is 91.0 Å². The molecule has 2 heterocycles. The summed E-state index contributed by atoms with van der Waals surface area (Å²) >= 11 is 0. The highest BCUT2D eigenvalue weighted by Crippen LogP contribution is 2.23. The van der Waals surface area contributed by atoms with Gasteiger partial charge in [0.1, 0.15) is 29.9 Å². The zero-order valence-electron chi connectivity index (χ0n) is 32.2. The second-order valence-electron chi connectivity index (χ2n) is 14.2. The fourth-order valence-corrected chi connectivity index (χ4v) is 6.86. The number of carboxylic acids is 1. The number of rotatable bonds is 9. The van der Waals surface area contributed by atoms with Crippen LogP contribution >= 0.6 is 0 Å². The Morgan fingerprint density at radius 2 is 1.26 bits per heavy atom. The zero-order chi connectivity index (χ0) is 41.0. The van der Waals surface area contributed by atoms with Crippen molar-refractivity contribution in [3.05, 3.63) is 168 Å². The molecule has 2 bridgehead atoms. The normalized spacial score (nSPS) is 19.4. The minimum atomic E-state index is -1.32. The number of likely N-dealkylation sites (N-methyl/N-ethyl adjacent to an activating group) is 1. The first-order valence-corrected chi connectivity index (χ1v) is 19.1. The molecule has 0 saturated heterocycles. The summed E-state index contributed by atoms with van der Waals surface area (Å²) in [4.78, 5) is 70.5. The summed E-state index contributed by atoms with van der Waals surface area (Å²) in [5, 5.41) is 18.5. The van der Waals surface area contributed by atoms with Crippen LogP contribution in [-0.2, 0) is 43.2 Å². The third-order valence-corrected chi connectivity index (χ3v) is 10.2. The van der Waals surface area contributed by atoms with Crippen molar-refractivity contribution in [2.75, 3.05) is 13.7 Å². The van der Waals surface area contributed by atoms with Crippen molar-refractivity contribution < 1.29 is 33.8 Å². The molecule has 0 fully saturated rings. The number of amides is 4. The van der Waals surface area contributed by atoms with Gasteiger partial charge < -0.3 is 30.7 Å². The lowest BCUT2D eigenvalue weighted by Crippen LogP contribution is -2.58. The summed E-state index contributed by atoms with van der Waals surface area (Å²) in [5.41, 5.74) is 5.12. The zero-order valence-corrected chi connectivity index (χ0v) is 32.2. The van der Waals surface area contributed by atoms with E-state index in [0.29, 0.717) is 28.9 Å². The van der Waals surface area contributed by atoms with Crippen LogP contribution in [0.5, 0.6) is 5.75 Å². The number of fused-ring (bicyclic) bond motifs is 16. The number of carbonyl (C=O) groups excluding carboxylic acids is 4. The summed E-state index contributed by atoms with van der Waals surface area (Å²) in [6, 6.07) is 37.3. The van der Waals surface area contributed by atoms with E-state index in [2.05, 4.69) is 22.5 Å². The summed E-state index contributed by atoms with van der Waals surface area (Å²) in [6.07, 6.45) is 0.499. The Morgan fingerprint density at radius 3 is 1.90 bits per heavy atom. The maximum atomic E-state index is 14.5. The number of nitrogens with zero attached hydrogens (tertiary/aromatic N) is 1. The van der Waals surface area contributed by atoms with Gasteiger partial charge in [0, 0.05) is 19.9 Å². The molecule has 0 aliphatic carbocycles. The highest BCUT2D eigenvalue weighted by Gasteiger charge is 2.35. The largest absolute Gasteiger partial charge is 0.484 e. The number of benzene rings is 5. The van der Waals surface area contributed by atoms with Crippen molar-refractivity contribution in [2.24, 2.45) is 0 Å². The van der Waals surface area contributed by atoms with Gasteiger partial charge in [0.25, 0.3) is 5.91 Å². The molecule has 11 heteroatoms. The number of hydrogen-bond acceptors (Lipinski definition) is 6. The first kappa shape index (κ1) is 40.6. The molecule has 11 nitrogen and oxygen atoms in total. The lowest BCUT2D eigenvalue weighted by Gasteiger charge is -2.31. The van der Waals surface area contributed by atoms with Gasteiger partial charge in [-0.3, -0.25) is 19.2 Å². The van der Waals surface area contributed by atoms with Crippen LogP contribution in [0.15, 0.2) is 146 Å². The average molecular weight is 779 g/mol. The second-order valence-corrected chi connectivity index (χ2v) is 14.2. The first-order chi connectivity index (χ1) is 28.0. The van der Waals surface area contributed by atoms with E-state index in [9.17, 15) is 29.1 Å². The van der Waals surface area contributed by atoms with Crippen LogP contribution in [0.4, 0.5) is 0 Å². The lowest BCUT2D eigenvalue weighted by molar-refractivity contribution is -0.142. The van der Waals surface area contributed by atoms with Crippen LogP contribution in [0.25, 0.3) is 16.7 Å². The Labute approximate surface area is 337 Å². The molecule has 0 radical (unpaired) electrons. The molecule has 7 rings (SSSR count). The molecule has 4 unspecified atom stereocenters. The number of aliphatic carboxylic acids is 1. The van der Waals surface area contributed by atoms with Crippen molar-refractivity contribution in [3.8, 4) is 16.9 Å². The fourth-order valence-electron chi connectivity index (χ4n) is 6.86. The van der Waals surface area contributed by atoms with Gasteiger partial charge in [-0.05, 0) is 63.9 Å². The molecule has 2 aliphatic rings. The minimum Gasteiger partial charge on any atom is -0.484 e. The van der Waals surface area contributed by atoms with E-state index in [0.717, 1.165) is 22.3 Å². The summed E-state index contributed by atoms with van der Waals surface area (Å²) in [7, 11) is 1.48. The van der Waals surface area contributed by atoms with Gasteiger partial charge in [0.15, 0.2) is 6.61 Å². The van der Waals surface area contributed by atoms with Crippen LogP contribution in [-0.4, -0.2) is 77.4 Å². The van der Waals surface area contributed by atoms with E-state index in [1.165, 1.54) is 11.9 Å². The van der Waals surface area contributed by atoms with E-state index in [4.69, 9.17) is 4.74 Å². The Bertz CT molecular complexity index is 2210. The molecule has 4 atom stereocenters. The SMILES string of the molecule is C=C(c1ccccc1)C1C(=O)NC(Cc2ccc(-c3ccccc3)cc2)C(=O)NC(CCc2ccccc2)C(=O)NC(C(=O)O)Cc2ccc(cc2)OCC(=O)N1C. The van der Waals surface area contributed by atoms with Crippen molar-refractivity contribution in [1.82, 2.24) is 20.9 Å². The van der Waals surface area contributed by atoms with Crippen molar-refractivity contribution in [2.45, 2.75) is 49.9 Å². The number of carbonyl (C=O) groups is 5.